The topological polar surface area (TPSA) is 0 Å². The van der Waals surface area contributed by atoms with E-state index >= 15 is 0 Å². The Morgan fingerprint density at radius 1 is 0.212 bits per heavy atom. The second-order valence-electron chi connectivity index (χ2n) is 18.2. The van der Waals surface area contributed by atoms with Gasteiger partial charge in [0.25, 0.3) is 0 Å². The lowest BCUT2D eigenvalue weighted by molar-refractivity contribution is 0.752. The molecular formula is C66H52. The standard InChI is InChI=1S/C66H52/c1-45-29-37-53(38-30-45)65(51-18-7-5-8-19-51,63-43-31-47(3)56-22-11-13-24-59(56)63)54-39-33-49(34-40-54)50-35-41-55(42-36-50)66(52-20-9-6-10-21-52,62-28-16-26-58-46(2)17-15-27-61(58)62)64-44-32-48(4)57-23-12-14-25-60(57)64/h5-44H,1-4H3. The van der Waals surface area contributed by atoms with Gasteiger partial charge in [0.1, 0.15) is 0 Å². The van der Waals surface area contributed by atoms with Crippen molar-refractivity contribution in [1.29, 1.82) is 0 Å². The van der Waals surface area contributed by atoms with Gasteiger partial charge < -0.3 is 0 Å². The van der Waals surface area contributed by atoms with E-state index in [1.54, 1.807) is 0 Å². The van der Waals surface area contributed by atoms with E-state index in [2.05, 4.69) is 270 Å². The average molecular weight is 845 g/mol. The van der Waals surface area contributed by atoms with E-state index in [-0.39, 0.29) is 0 Å². The van der Waals surface area contributed by atoms with Gasteiger partial charge in [0.15, 0.2) is 0 Å². The van der Waals surface area contributed by atoms with Gasteiger partial charge in [-0.2, -0.15) is 0 Å². The first-order valence-corrected chi connectivity index (χ1v) is 23.2. The van der Waals surface area contributed by atoms with Crippen LogP contribution in [-0.4, -0.2) is 0 Å². The highest BCUT2D eigenvalue weighted by Gasteiger charge is 2.42. The third kappa shape index (κ3) is 6.51. The number of fused-ring (bicyclic) bond motifs is 3. The molecule has 11 rings (SSSR count). The van der Waals surface area contributed by atoms with Crippen molar-refractivity contribution in [2.24, 2.45) is 0 Å². The fourth-order valence-electron chi connectivity index (χ4n) is 11.3. The summed E-state index contributed by atoms with van der Waals surface area (Å²) in [6, 6.07) is 91.1. The van der Waals surface area contributed by atoms with E-state index in [1.165, 1.54) is 110 Å². The second-order valence-corrected chi connectivity index (χ2v) is 18.2. The van der Waals surface area contributed by atoms with Crippen LogP contribution in [0.4, 0.5) is 0 Å². The van der Waals surface area contributed by atoms with Gasteiger partial charge in [0, 0.05) is 0 Å². The molecule has 0 heterocycles. The zero-order valence-electron chi connectivity index (χ0n) is 38.1. The molecule has 0 heteroatoms. The molecule has 0 aliphatic carbocycles. The molecule has 0 nitrogen and oxygen atoms in total. The molecule has 2 unspecified atom stereocenters. The Labute approximate surface area is 389 Å². The first kappa shape index (κ1) is 40.9. The minimum Gasteiger partial charge on any atom is -0.0622 e. The van der Waals surface area contributed by atoms with Crippen molar-refractivity contribution in [3.8, 4) is 11.1 Å². The molecular weight excluding hydrogens is 793 g/mol. The third-order valence-corrected chi connectivity index (χ3v) is 14.5. The van der Waals surface area contributed by atoms with Crippen LogP contribution in [0.25, 0.3) is 43.4 Å². The van der Waals surface area contributed by atoms with Crippen molar-refractivity contribution in [1.82, 2.24) is 0 Å². The molecule has 0 bridgehead atoms. The van der Waals surface area contributed by atoms with Gasteiger partial charge in [-0.1, -0.05) is 248 Å². The lowest BCUT2D eigenvalue weighted by atomic mass is 9.63. The monoisotopic (exact) mass is 844 g/mol. The Morgan fingerprint density at radius 2 is 0.530 bits per heavy atom. The van der Waals surface area contributed by atoms with Crippen LogP contribution in [0.1, 0.15) is 66.8 Å². The summed E-state index contributed by atoms with van der Waals surface area (Å²) in [5, 5.41) is 7.64. The molecule has 0 N–H and O–H groups in total. The summed E-state index contributed by atoms with van der Waals surface area (Å²) < 4.78 is 0. The lowest BCUT2D eigenvalue weighted by Crippen LogP contribution is -2.31. The summed E-state index contributed by atoms with van der Waals surface area (Å²) in [5.41, 5.74) is 16.2. The highest BCUT2D eigenvalue weighted by atomic mass is 14.4. The number of hydrogen-bond acceptors (Lipinski definition) is 0. The molecule has 2 atom stereocenters. The summed E-state index contributed by atoms with van der Waals surface area (Å²) in [6.07, 6.45) is 0. The molecule has 0 aromatic heterocycles. The second kappa shape index (κ2) is 16.6. The zero-order chi connectivity index (χ0) is 44.8. The quantitative estimate of drug-likeness (QED) is 0.127. The van der Waals surface area contributed by atoms with Crippen molar-refractivity contribution < 1.29 is 0 Å². The molecule has 0 amide bonds. The molecule has 11 aromatic rings. The van der Waals surface area contributed by atoms with Crippen molar-refractivity contribution in [3.63, 3.8) is 0 Å². The number of aryl methyl sites for hydroxylation is 4. The van der Waals surface area contributed by atoms with E-state index in [1.807, 2.05) is 0 Å². The van der Waals surface area contributed by atoms with Crippen molar-refractivity contribution in [3.05, 3.63) is 309 Å². The molecule has 66 heavy (non-hydrogen) atoms. The Morgan fingerprint density at radius 3 is 1.03 bits per heavy atom. The van der Waals surface area contributed by atoms with Gasteiger partial charge >= 0.3 is 0 Å². The summed E-state index contributed by atoms with van der Waals surface area (Å²) in [6.45, 7) is 8.85. The van der Waals surface area contributed by atoms with Gasteiger partial charge in [0.2, 0.25) is 0 Å². The smallest absolute Gasteiger partial charge is 0.0622 e. The van der Waals surface area contributed by atoms with Gasteiger partial charge in [-0.3, -0.25) is 0 Å². The maximum Gasteiger partial charge on any atom is 0.0713 e. The van der Waals surface area contributed by atoms with Crippen LogP contribution in [0, 0.1) is 27.7 Å². The van der Waals surface area contributed by atoms with Crippen molar-refractivity contribution in [2.75, 3.05) is 0 Å². The number of hydrogen-bond donors (Lipinski definition) is 0. The first-order valence-electron chi connectivity index (χ1n) is 23.2. The molecule has 316 valence electrons. The van der Waals surface area contributed by atoms with Crippen molar-refractivity contribution >= 4 is 32.3 Å². The highest BCUT2D eigenvalue weighted by molar-refractivity contribution is 5.96. The third-order valence-electron chi connectivity index (χ3n) is 14.5. The summed E-state index contributed by atoms with van der Waals surface area (Å²) in [5.74, 6) is 0. The minimum atomic E-state index is -0.635. The minimum absolute atomic E-state index is 0.576. The van der Waals surface area contributed by atoms with E-state index < -0.39 is 10.8 Å². The SMILES string of the molecule is Cc1ccc(C(c2ccccc2)(c2ccc(-c3ccc(C(c4ccccc4)(c4cccc5c(C)cccc45)c4ccc(C)c5ccccc45)cc3)cc2)c2ccc(C)c3ccccc23)cc1. The Kier molecular flexibility index (Phi) is 10.3. The van der Waals surface area contributed by atoms with Crippen molar-refractivity contribution in [2.45, 2.75) is 38.5 Å². The molecule has 0 saturated heterocycles. The molecule has 0 fully saturated rings. The molecule has 0 aliphatic heterocycles. The molecule has 0 aliphatic rings. The van der Waals surface area contributed by atoms with E-state index in [4.69, 9.17) is 0 Å². The highest BCUT2D eigenvalue weighted by Crippen LogP contribution is 2.51. The normalized spacial score (nSPS) is 13.4. The van der Waals surface area contributed by atoms with Crippen LogP contribution < -0.4 is 0 Å². The summed E-state index contributed by atoms with van der Waals surface area (Å²) >= 11 is 0. The number of benzene rings is 11. The van der Waals surface area contributed by atoms with E-state index in [0.717, 1.165) is 0 Å². The van der Waals surface area contributed by atoms with Crippen LogP contribution in [-0.2, 0) is 10.8 Å². The van der Waals surface area contributed by atoms with E-state index in [0.29, 0.717) is 0 Å². The average Bonchev–Trinajstić information content (AvgIpc) is 3.37. The predicted octanol–water partition coefficient (Wildman–Crippen LogP) is 16.8. The van der Waals surface area contributed by atoms with Crippen LogP contribution in [0.15, 0.2) is 243 Å². The molecule has 0 saturated carbocycles. The largest absolute Gasteiger partial charge is 0.0713 e. The molecule has 0 radical (unpaired) electrons. The van der Waals surface area contributed by atoms with Gasteiger partial charge in [-0.15, -0.1) is 0 Å². The first-order chi connectivity index (χ1) is 32.4. The molecule has 11 aromatic carbocycles. The fourth-order valence-corrected chi connectivity index (χ4v) is 11.3. The van der Waals surface area contributed by atoms with Crippen LogP contribution in [0.3, 0.4) is 0 Å². The Bertz CT molecular complexity index is 3490. The maximum absolute atomic E-state index is 2.39. The number of rotatable bonds is 9. The zero-order valence-corrected chi connectivity index (χ0v) is 38.1. The van der Waals surface area contributed by atoms with Crippen LogP contribution in [0.2, 0.25) is 0 Å². The Hall–Kier alpha value is -7.80. The predicted molar refractivity (Wildman–Crippen MR) is 280 cm³/mol. The fraction of sp³-hybridized carbons (Fsp3) is 0.0909. The molecule has 0 spiro atoms. The maximum atomic E-state index is 2.39. The summed E-state index contributed by atoms with van der Waals surface area (Å²) in [7, 11) is 0. The lowest BCUT2D eigenvalue weighted by Gasteiger charge is -2.39. The van der Waals surface area contributed by atoms with Crippen LogP contribution >= 0.6 is 0 Å². The summed E-state index contributed by atoms with van der Waals surface area (Å²) in [4.78, 5) is 0. The van der Waals surface area contributed by atoms with Gasteiger partial charge in [-0.05, 0) is 132 Å². The van der Waals surface area contributed by atoms with Crippen LogP contribution in [0.5, 0.6) is 0 Å². The van der Waals surface area contributed by atoms with Gasteiger partial charge in [0.05, 0.1) is 10.8 Å². The van der Waals surface area contributed by atoms with Gasteiger partial charge in [-0.25, -0.2) is 0 Å². The Balaban J connectivity index is 1.12. The van der Waals surface area contributed by atoms with E-state index in [9.17, 15) is 0 Å².